The number of amides is 1. The van der Waals surface area contributed by atoms with E-state index in [-0.39, 0.29) is 18.9 Å². The van der Waals surface area contributed by atoms with Crippen molar-refractivity contribution in [1.82, 2.24) is 5.32 Å². The van der Waals surface area contributed by atoms with Crippen LogP contribution in [-0.4, -0.2) is 23.7 Å². The van der Waals surface area contributed by atoms with E-state index in [0.717, 1.165) is 25.0 Å². The molecule has 1 atom stereocenters. The van der Waals surface area contributed by atoms with Gasteiger partial charge in [-0.3, -0.25) is 4.79 Å². The van der Waals surface area contributed by atoms with Crippen LogP contribution >= 0.6 is 0 Å². The maximum Gasteiger partial charge on any atom is 0.416 e. The lowest BCUT2D eigenvalue weighted by Gasteiger charge is -2.20. The molecule has 3 nitrogen and oxygen atoms in total. The predicted molar refractivity (Wildman–Crippen MR) is 78.2 cm³/mol. The molecule has 1 rings (SSSR count). The molecule has 0 aliphatic carbocycles. The zero-order valence-electron chi connectivity index (χ0n) is 12.8. The lowest BCUT2D eigenvalue weighted by molar-refractivity contribution is -0.137. The van der Waals surface area contributed by atoms with Crippen LogP contribution in [0.2, 0.25) is 0 Å². The first-order chi connectivity index (χ1) is 10.3. The van der Waals surface area contributed by atoms with Crippen molar-refractivity contribution in [1.29, 1.82) is 0 Å². The minimum atomic E-state index is -4.42. The Morgan fingerprint density at radius 3 is 2.45 bits per heavy atom. The molecule has 1 amide bonds. The fourth-order valence-electron chi connectivity index (χ4n) is 2.32. The summed E-state index contributed by atoms with van der Waals surface area (Å²) in [6, 6.07) is 4.70. The average molecular weight is 317 g/mol. The van der Waals surface area contributed by atoms with Crippen LogP contribution < -0.4 is 5.32 Å². The van der Waals surface area contributed by atoms with Crippen LogP contribution in [0.5, 0.6) is 0 Å². The molecule has 0 bridgehead atoms. The van der Waals surface area contributed by atoms with Crippen LogP contribution in [0, 0.1) is 5.92 Å². The summed E-state index contributed by atoms with van der Waals surface area (Å²) in [4.78, 5) is 11.8. The first-order valence-corrected chi connectivity index (χ1v) is 7.38. The third-order valence-corrected chi connectivity index (χ3v) is 3.72. The van der Waals surface area contributed by atoms with Crippen molar-refractivity contribution in [2.45, 2.75) is 45.4 Å². The summed E-state index contributed by atoms with van der Waals surface area (Å²) in [5.74, 6) is -0.293. The molecule has 0 aromatic heterocycles. The van der Waals surface area contributed by atoms with E-state index in [9.17, 15) is 23.1 Å². The fraction of sp³-hybridized carbons (Fsp3) is 0.562. The molecule has 0 saturated heterocycles. The van der Waals surface area contributed by atoms with Crippen LogP contribution in [0.15, 0.2) is 24.3 Å². The number of carbonyl (C=O) groups excluding carboxylic acids is 1. The highest BCUT2D eigenvalue weighted by molar-refractivity contribution is 5.78. The molecule has 0 fully saturated rings. The highest BCUT2D eigenvalue weighted by Crippen LogP contribution is 2.29. The lowest BCUT2D eigenvalue weighted by Crippen LogP contribution is -2.36. The molecular weight excluding hydrogens is 295 g/mol. The van der Waals surface area contributed by atoms with E-state index in [1.165, 1.54) is 12.1 Å². The van der Waals surface area contributed by atoms with E-state index < -0.39 is 23.8 Å². The van der Waals surface area contributed by atoms with Gasteiger partial charge in [-0.15, -0.1) is 0 Å². The maximum atomic E-state index is 12.6. The number of hydrogen-bond donors (Lipinski definition) is 2. The molecule has 0 aliphatic rings. The number of alkyl halides is 3. The normalized spacial score (nSPS) is 13.2. The van der Waals surface area contributed by atoms with Crippen LogP contribution in [0.25, 0.3) is 0 Å². The minimum Gasteiger partial charge on any atom is -0.391 e. The zero-order valence-corrected chi connectivity index (χ0v) is 12.8. The standard InChI is InChI=1S/C16H22F3NO2/c1-3-12(4-2)14(21)10-20-15(22)9-11-6-5-7-13(8-11)16(17,18)19/h5-8,12,14,21H,3-4,9-10H2,1-2H3,(H,20,22). The number of rotatable bonds is 7. The molecule has 6 heteroatoms. The van der Waals surface area contributed by atoms with Gasteiger partial charge in [0.25, 0.3) is 0 Å². The van der Waals surface area contributed by atoms with Gasteiger partial charge in [0, 0.05) is 6.54 Å². The molecule has 22 heavy (non-hydrogen) atoms. The van der Waals surface area contributed by atoms with Gasteiger partial charge in [-0.05, 0) is 17.5 Å². The topological polar surface area (TPSA) is 49.3 Å². The van der Waals surface area contributed by atoms with Crippen LogP contribution in [0.3, 0.4) is 0 Å². The van der Waals surface area contributed by atoms with E-state index in [2.05, 4.69) is 5.32 Å². The van der Waals surface area contributed by atoms with E-state index in [4.69, 9.17) is 0 Å². The molecular formula is C16H22F3NO2. The predicted octanol–water partition coefficient (Wildman–Crippen LogP) is 3.16. The Balaban J connectivity index is 2.55. The fourth-order valence-corrected chi connectivity index (χ4v) is 2.32. The molecule has 0 heterocycles. The number of nitrogens with one attached hydrogen (secondary N) is 1. The Hall–Kier alpha value is -1.56. The van der Waals surface area contributed by atoms with Gasteiger partial charge in [0.05, 0.1) is 18.1 Å². The highest BCUT2D eigenvalue weighted by Gasteiger charge is 2.30. The van der Waals surface area contributed by atoms with Crippen molar-refractivity contribution in [3.63, 3.8) is 0 Å². The maximum absolute atomic E-state index is 12.6. The molecule has 0 saturated carbocycles. The minimum absolute atomic E-state index is 0.105. The van der Waals surface area contributed by atoms with Gasteiger partial charge in [0.2, 0.25) is 5.91 Å². The summed E-state index contributed by atoms with van der Waals surface area (Å²) in [6.45, 7) is 4.04. The molecule has 0 aliphatic heterocycles. The van der Waals surface area contributed by atoms with E-state index in [1.54, 1.807) is 0 Å². The van der Waals surface area contributed by atoms with Crippen LogP contribution in [0.4, 0.5) is 13.2 Å². The van der Waals surface area contributed by atoms with Crippen molar-refractivity contribution in [3.05, 3.63) is 35.4 Å². The number of aliphatic hydroxyl groups is 1. The molecule has 0 spiro atoms. The third-order valence-electron chi connectivity index (χ3n) is 3.72. The van der Waals surface area contributed by atoms with Crippen molar-refractivity contribution < 1.29 is 23.1 Å². The number of carbonyl (C=O) groups is 1. The van der Waals surface area contributed by atoms with Gasteiger partial charge < -0.3 is 10.4 Å². The van der Waals surface area contributed by atoms with Gasteiger partial charge in [-0.1, -0.05) is 44.9 Å². The number of aliphatic hydroxyl groups excluding tert-OH is 1. The quantitative estimate of drug-likeness (QED) is 0.811. The lowest BCUT2D eigenvalue weighted by atomic mass is 9.96. The largest absolute Gasteiger partial charge is 0.416 e. The summed E-state index contributed by atoms with van der Waals surface area (Å²) in [6.07, 6.45) is -3.58. The molecule has 1 unspecified atom stereocenters. The van der Waals surface area contributed by atoms with Crippen molar-refractivity contribution in [3.8, 4) is 0 Å². The monoisotopic (exact) mass is 317 g/mol. The van der Waals surface area contributed by atoms with E-state index in [1.807, 2.05) is 13.8 Å². The Labute approximate surface area is 128 Å². The summed E-state index contributed by atoms with van der Waals surface area (Å²) < 4.78 is 37.8. The summed E-state index contributed by atoms with van der Waals surface area (Å²) >= 11 is 0. The van der Waals surface area contributed by atoms with Gasteiger partial charge in [0.1, 0.15) is 0 Å². The number of hydrogen-bond acceptors (Lipinski definition) is 2. The molecule has 1 aromatic carbocycles. The number of halogens is 3. The van der Waals surface area contributed by atoms with Crippen LogP contribution in [0.1, 0.15) is 37.8 Å². The Bertz CT molecular complexity index is 485. The van der Waals surface area contributed by atoms with Crippen molar-refractivity contribution in [2.75, 3.05) is 6.54 Å². The zero-order chi connectivity index (χ0) is 16.8. The first-order valence-electron chi connectivity index (χ1n) is 7.38. The highest BCUT2D eigenvalue weighted by atomic mass is 19.4. The molecule has 2 N–H and O–H groups in total. The Kier molecular flexibility index (Phi) is 6.87. The molecule has 124 valence electrons. The van der Waals surface area contributed by atoms with Gasteiger partial charge >= 0.3 is 6.18 Å². The van der Waals surface area contributed by atoms with E-state index in [0.29, 0.717) is 5.56 Å². The van der Waals surface area contributed by atoms with Gasteiger partial charge in [-0.2, -0.15) is 13.2 Å². The van der Waals surface area contributed by atoms with Crippen molar-refractivity contribution in [2.24, 2.45) is 5.92 Å². The Morgan fingerprint density at radius 2 is 1.91 bits per heavy atom. The SMILES string of the molecule is CCC(CC)C(O)CNC(=O)Cc1cccc(C(F)(F)F)c1. The summed E-state index contributed by atoms with van der Waals surface area (Å²) in [5.41, 5.74) is -0.473. The van der Waals surface area contributed by atoms with E-state index >= 15 is 0 Å². The van der Waals surface area contributed by atoms with Gasteiger partial charge in [0.15, 0.2) is 0 Å². The van der Waals surface area contributed by atoms with Gasteiger partial charge in [-0.25, -0.2) is 0 Å². The average Bonchev–Trinajstić information content (AvgIpc) is 2.46. The first kappa shape index (κ1) is 18.5. The molecule has 0 radical (unpaired) electrons. The smallest absolute Gasteiger partial charge is 0.391 e. The second-order valence-electron chi connectivity index (χ2n) is 5.32. The molecule has 1 aromatic rings. The number of benzene rings is 1. The third kappa shape index (κ3) is 5.67. The Morgan fingerprint density at radius 1 is 1.27 bits per heavy atom. The summed E-state index contributed by atoms with van der Waals surface area (Å²) in [5, 5.41) is 12.5. The van der Waals surface area contributed by atoms with Crippen molar-refractivity contribution >= 4 is 5.91 Å². The second-order valence-corrected chi connectivity index (χ2v) is 5.32. The van der Waals surface area contributed by atoms with Crippen LogP contribution in [-0.2, 0) is 17.4 Å². The second kappa shape index (κ2) is 8.17. The summed E-state index contributed by atoms with van der Waals surface area (Å²) in [7, 11) is 0.